The fourth-order valence-electron chi connectivity index (χ4n) is 3.50. The highest BCUT2D eigenvalue weighted by atomic mass is 31.1. The van der Waals surface area contributed by atoms with Crippen molar-refractivity contribution < 1.29 is 0 Å². The molecule has 0 radical (unpaired) electrons. The van der Waals surface area contributed by atoms with E-state index in [1.165, 1.54) is 11.0 Å². The molecule has 0 aliphatic rings. The van der Waals surface area contributed by atoms with Crippen LogP contribution in [0.2, 0.25) is 39.3 Å². The summed E-state index contributed by atoms with van der Waals surface area (Å²) in [6, 6.07) is 10.7. The van der Waals surface area contributed by atoms with Gasteiger partial charge in [0.2, 0.25) is 5.95 Å². The van der Waals surface area contributed by atoms with Crippen LogP contribution in [-0.2, 0) is 0 Å². The fraction of sp³-hybridized carbons (Fsp3) is 0.529. The topological polar surface area (TPSA) is 29.0 Å². The monoisotopic (exact) mass is 363 g/mol. The Morgan fingerprint density at radius 3 is 1.87 bits per heavy atom. The molecule has 1 unspecified atom stereocenters. The molecule has 6 heteroatoms. The first-order valence-corrected chi connectivity index (χ1v) is 16.7. The Morgan fingerprint density at radius 2 is 1.43 bits per heavy atom. The molecule has 2 aromatic rings. The van der Waals surface area contributed by atoms with Crippen LogP contribution in [0.4, 0.5) is 5.95 Å². The van der Waals surface area contributed by atoms with Gasteiger partial charge in [0.25, 0.3) is 0 Å². The molecule has 0 aliphatic heterocycles. The Labute approximate surface area is 144 Å². The standard InChI is InChI=1S/C17H30N3PSi2/c1-20(2)16-18-15(14-12-10-9-11-13-14)21(19-16)17(22(3,4)5)23(6,7)8/h9-13,17H,1-8H3. The van der Waals surface area contributed by atoms with E-state index in [1.54, 1.807) is 0 Å². The van der Waals surface area contributed by atoms with Crippen molar-refractivity contribution in [1.82, 2.24) is 9.73 Å². The summed E-state index contributed by atoms with van der Waals surface area (Å²) in [6.45, 7) is 15.0. The summed E-state index contributed by atoms with van der Waals surface area (Å²) in [5.74, 6) is 0.900. The zero-order chi connectivity index (χ0) is 17.4. The summed E-state index contributed by atoms with van der Waals surface area (Å²) in [5.41, 5.74) is 2.49. The molecule has 3 nitrogen and oxygen atoms in total. The highest BCUT2D eigenvalue weighted by molar-refractivity contribution is 7.56. The van der Waals surface area contributed by atoms with E-state index in [0.29, 0.717) is 0 Å². The molecule has 2 rings (SSSR count). The van der Waals surface area contributed by atoms with Crippen molar-refractivity contribution in [3.8, 4) is 11.0 Å². The van der Waals surface area contributed by atoms with Crippen molar-refractivity contribution in [2.75, 3.05) is 19.0 Å². The Morgan fingerprint density at radius 1 is 0.913 bits per heavy atom. The van der Waals surface area contributed by atoms with Crippen molar-refractivity contribution in [1.29, 1.82) is 0 Å². The van der Waals surface area contributed by atoms with Gasteiger partial charge in [-0.3, -0.25) is 0 Å². The fourth-order valence-corrected chi connectivity index (χ4v) is 22.3. The second kappa shape index (κ2) is 6.54. The minimum atomic E-state index is -1.34. The zero-order valence-electron chi connectivity index (χ0n) is 15.8. The molecule has 23 heavy (non-hydrogen) atoms. The first kappa shape index (κ1) is 18.4. The summed E-state index contributed by atoms with van der Waals surface area (Å²) in [5, 5.41) is 0. The average molecular weight is 364 g/mol. The van der Waals surface area contributed by atoms with Crippen LogP contribution in [0.15, 0.2) is 30.3 Å². The second-order valence-corrected chi connectivity index (χ2v) is 22.6. The Kier molecular flexibility index (Phi) is 5.24. The van der Waals surface area contributed by atoms with E-state index in [0.717, 1.165) is 10.9 Å². The molecule has 1 atom stereocenters. The van der Waals surface area contributed by atoms with Gasteiger partial charge in [-0.2, -0.15) is 0 Å². The first-order chi connectivity index (χ1) is 10.5. The molecule has 1 aromatic heterocycles. The van der Waals surface area contributed by atoms with Crippen LogP contribution in [0.1, 0.15) is 4.91 Å². The van der Waals surface area contributed by atoms with Gasteiger partial charge in [0, 0.05) is 32.3 Å². The Balaban J connectivity index is 2.69. The number of anilines is 1. The van der Waals surface area contributed by atoms with Crippen LogP contribution in [0.5, 0.6) is 0 Å². The van der Waals surface area contributed by atoms with Crippen molar-refractivity contribution in [2.45, 2.75) is 44.2 Å². The maximum atomic E-state index is 5.15. The van der Waals surface area contributed by atoms with Crippen molar-refractivity contribution in [3.63, 3.8) is 0 Å². The molecule has 0 bridgehead atoms. The molecule has 1 aromatic carbocycles. The molecule has 0 aliphatic carbocycles. The third-order valence-corrected chi connectivity index (χ3v) is 20.2. The van der Waals surface area contributed by atoms with Gasteiger partial charge < -0.3 is 4.90 Å². The third kappa shape index (κ3) is 4.14. The third-order valence-electron chi connectivity index (χ3n) is 3.94. The summed E-state index contributed by atoms with van der Waals surface area (Å²) < 4.78 is 5.15. The summed E-state index contributed by atoms with van der Waals surface area (Å²) in [7, 11) is 0.826. The van der Waals surface area contributed by atoms with Gasteiger partial charge in [0.1, 0.15) is 5.43 Å². The lowest BCUT2D eigenvalue weighted by Crippen LogP contribution is -2.43. The zero-order valence-corrected chi connectivity index (χ0v) is 18.6. The maximum Gasteiger partial charge on any atom is 0.229 e. The highest BCUT2D eigenvalue weighted by Gasteiger charge is 2.42. The second-order valence-electron chi connectivity index (χ2n) is 8.58. The molecular weight excluding hydrogens is 333 g/mol. The van der Waals surface area contributed by atoms with Gasteiger partial charge in [0.15, 0.2) is 0 Å². The largest absolute Gasteiger partial charge is 0.347 e. The van der Waals surface area contributed by atoms with Gasteiger partial charge in [-0.25, -0.2) is 9.73 Å². The van der Waals surface area contributed by atoms with Crippen LogP contribution in [-0.4, -0.2) is 40.0 Å². The first-order valence-electron chi connectivity index (χ1n) is 8.21. The molecule has 0 fully saturated rings. The minimum Gasteiger partial charge on any atom is -0.347 e. The minimum absolute atomic E-state index is 0.576. The van der Waals surface area contributed by atoms with Gasteiger partial charge >= 0.3 is 0 Å². The van der Waals surface area contributed by atoms with Crippen LogP contribution < -0.4 is 4.90 Å². The molecule has 0 saturated carbocycles. The van der Waals surface area contributed by atoms with E-state index in [1.807, 2.05) is 14.1 Å². The molecule has 0 spiro atoms. The average Bonchev–Trinajstić information content (AvgIpc) is 2.81. The highest BCUT2D eigenvalue weighted by Crippen LogP contribution is 2.55. The number of aromatic nitrogens is 2. The normalized spacial score (nSPS) is 13.5. The van der Waals surface area contributed by atoms with E-state index in [9.17, 15) is 0 Å². The van der Waals surface area contributed by atoms with Gasteiger partial charge in [-0.1, -0.05) is 69.6 Å². The van der Waals surface area contributed by atoms with Gasteiger partial charge in [-0.15, -0.1) is 0 Å². The molecule has 1 heterocycles. The smallest absolute Gasteiger partial charge is 0.229 e. The predicted octanol–water partition coefficient (Wildman–Crippen LogP) is 5.49. The van der Waals surface area contributed by atoms with E-state index in [-0.39, 0.29) is 0 Å². The lowest BCUT2D eigenvalue weighted by atomic mass is 10.2. The summed E-state index contributed by atoms with van der Waals surface area (Å²) in [4.78, 5) is 7.74. The number of hydrogen-bond donors (Lipinski definition) is 0. The number of benzene rings is 1. The van der Waals surface area contributed by atoms with Gasteiger partial charge in [0.05, 0.1) is 16.1 Å². The Bertz CT molecular complexity index is 641. The number of nitrogens with zero attached hydrogens (tertiary/aromatic N) is 3. The lowest BCUT2D eigenvalue weighted by molar-refractivity contribution is 1.05. The van der Waals surface area contributed by atoms with E-state index >= 15 is 0 Å². The molecule has 0 amide bonds. The SMILES string of the molecule is CN(C)c1nc(-c2ccccc2)p(C([Si](C)(C)C)[Si](C)(C)C)n1. The molecular formula is C17H30N3PSi2. The molecule has 0 saturated heterocycles. The van der Waals surface area contributed by atoms with Crippen LogP contribution in [0.3, 0.4) is 0 Å². The van der Waals surface area contributed by atoms with Gasteiger partial charge in [-0.05, 0) is 0 Å². The van der Waals surface area contributed by atoms with E-state index in [4.69, 9.17) is 9.73 Å². The predicted molar refractivity (Wildman–Crippen MR) is 110 cm³/mol. The molecule has 126 valence electrons. The molecule has 0 N–H and O–H groups in total. The summed E-state index contributed by atoms with van der Waals surface area (Å²) >= 11 is 0. The van der Waals surface area contributed by atoms with Crippen molar-refractivity contribution in [2.24, 2.45) is 0 Å². The van der Waals surface area contributed by atoms with E-state index in [2.05, 4.69) is 74.5 Å². The van der Waals surface area contributed by atoms with Crippen molar-refractivity contribution >= 4 is 29.8 Å². The maximum absolute atomic E-state index is 5.15. The van der Waals surface area contributed by atoms with Crippen LogP contribution in [0, 0.1) is 0 Å². The van der Waals surface area contributed by atoms with Crippen molar-refractivity contribution in [3.05, 3.63) is 30.3 Å². The quantitative estimate of drug-likeness (QED) is 0.658. The lowest BCUT2D eigenvalue weighted by Gasteiger charge is -2.37. The Hall–Kier alpha value is -0.906. The van der Waals surface area contributed by atoms with Crippen LogP contribution in [0.25, 0.3) is 11.0 Å². The summed E-state index contributed by atoms with van der Waals surface area (Å²) in [6.07, 6.45) is 0. The number of rotatable bonds is 5. The van der Waals surface area contributed by atoms with Crippen LogP contribution >= 0.6 is 7.69 Å². The van der Waals surface area contributed by atoms with E-state index < -0.39 is 23.8 Å². The number of hydrogen-bond acceptors (Lipinski definition) is 3.